The molecule has 0 saturated heterocycles. The SMILES string of the molecule is C#Cc1cccc(NC(=O)CNC(=O)[C@@H](C)Oc2ccccc2Cl)c1. The second-order valence-electron chi connectivity index (χ2n) is 5.18. The molecule has 0 radical (unpaired) electrons. The first-order valence-corrected chi connectivity index (χ1v) is 7.93. The molecule has 25 heavy (non-hydrogen) atoms. The molecular weight excluding hydrogens is 340 g/mol. The molecule has 0 heterocycles. The van der Waals surface area contributed by atoms with Gasteiger partial charge in [0, 0.05) is 11.3 Å². The molecule has 0 unspecified atom stereocenters. The Hall–Kier alpha value is -2.97. The predicted molar refractivity (Wildman–Crippen MR) is 97.6 cm³/mol. The van der Waals surface area contributed by atoms with Gasteiger partial charge >= 0.3 is 0 Å². The summed E-state index contributed by atoms with van der Waals surface area (Å²) in [6.45, 7) is 1.39. The number of halogens is 1. The Balaban J connectivity index is 1.83. The Bertz CT molecular complexity index is 814. The van der Waals surface area contributed by atoms with Gasteiger partial charge in [0.25, 0.3) is 5.91 Å². The standard InChI is InChI=1S/C19H17ClN2O3/c1-3-14-7-6-8-15(11-14)22-18(23)12-21-19(24)13(2)25-17-10-5-4-9-16(17)20/h1,4-11,13H,12H2,2H3,(H,21,24)(H,22,23)/t13-/m1/s1. The van der Waals surface area contributed by atoms with Crippen LogP contribution in [0.1, 0.15) is 12.5 Å². The van der Waals surface area contributed by atoms with Crippen molar-refractivity contribution in [2.45, 2.75) is 13.0 Å². The molecule has 0 aliphatic carbocycles. The summed E-state index contributed by atoms with van der Waals surface area (Å²) in [5, 5.41) is 5.58. The van der Waals surface area contributed by atoms with E-state index < -0.39 is 12.0 Å². The van der Waals surface area contributed by atoms with Gasteiger partial charge in [-0.25, -0.2) is 0 Å². The molecule has 1 atom stereocenters. The van der Waals surface area contributed by atoms with Crippen LogP contribution in [0.4, 0.5) is 5.69 Å². The van der Waals surface area contributed by atoms with Crippen molar-refractivity contribution >= 4 is 29.1 Å². The summed E-state index contributed by atoms with van der Waals surface area (Å²) in [4.78, 5) is 23.9. The van der Waals surface area contributed by atoms with Gasteiger partial charge in [0.05, 0.1) is 11.6 Å². The van der Waals surface area contributed by atoms with E-state index in [1.54, 1.807) is 55.5 Å². The van der Waals surface area contributed by atoms with Crippen molar-refractivity contribution in [1.82, 2.24) is 5.32 Å². The zero-order valence-electron chi connectivity index (χ0n) is 13.6. The zero-order valence-corrected chi connectivity index (χ0v) is 14.3. The molecule has 0 spiro atoms. The minimum atomic E-state index is -0.794. The van der Waals surface area contributed by atoms with Crippen LogP contribution >= 0.6 is 11.6 Å². The van der Waals surface area contributed by atoms with Crippen LogP contribution in [-0.4, -0.2) is 24.5 Å². The van der Waals surface area contributed by atoms with E-state index in [0.29, 0.717) is 22.0 Å². The third-order valence-corrected chi connectivity index (χ3v) is 3.56. The number of terminal acetylenes is 1. The van der Waals surface area contributed by atoms with Crippen LogP contribution in [0.15, 0.2) is 48.5 Å². The second kappa shape index (κ2) is 8.76. The van der Waals surface area contributed by atoms with Gasteiger partial charge in [-0.3, -0.25) is 9.59 Å². The largest absolute Gasteiger partial charge is 0.479 e. The molecule has 6 heteroatoms. The van der Waals surface area contributed by atoms with Gasteiger partial charge in [0.15, 0.2) is 6.10 Å². The van der Waals surface area contributed by atoms with Gasteiger partial charge in [0.2, 0.25) is 5.91 Å². The Morgan fingerprint density at radius 2 is 2.00 bits per heavy atom. The molecule has 128 valence electrons. The fourth-order valence-electron chi connectivity index (χ4n) is 1.99. The summed E-state index contributed by atoms with van der Waals surface area (Å²) in [6.07, 6.45) is 4.52. The maximum atomic E-state index is 12.0. The van der Waals surface area contributed by atoms with E-state index in [4.69, 9.17) is 22.8 Å². The van der Waals surface area contributed by atoms with Crippen molar-refractivity contribution in [3.63, 3.8) is 0 Å². The monoisotopic (exact) mass is 356 g/mol. The Kier molecular flexibility index (Phi) is 6.44. The molecule has 2 aromatic rings. The fourth-order valence-corrected chi connectivity index (χ4v) is 2.17. The molecule has 0 aliphatic rings. The van der Waals surface area contributed by atoms with Crippen LogP contribution in [-0.2, 0) is 9.59 Å². The molecule has 2 N–H and O–H groups in total. The molecule has 0 saturated carbocycles. The minimum Gasteiger partial charge on any atom is -0.479 e. The maximum Gasteiger partial charge on any atom is 0.261 e. The van der Waals surface area contributed by atoms with E-state index in [0.717, 1.165) is 0 Å². The van der Waals surface area contributed by atoms with Crippen molar-refractivity contribution in [1.29, 1.82) is 0 Å². The van der Waals surface area contributed by atoms with Gasteiger partial charge in [-0.15, -0.1) is 6.42 Å². The van der Waals surface area contributed by atoms with E-state index in [1.807, 2.05) is 0 Å². The number of ether oxygens (including phenoxy) is 1. The topological polar surface area (TPSA) is 67.4 Å². The van der Waals surface area contributed by atoms with Crippen LogP contribution in [0.25, 0.3) is 0 Å². The van der Waals surface area contributed by atoms with Crippen LogP contribution in [0.3, 0.4) is 0 Å². The molecule has 0 fully saturated rings. The summed E-state index contributed by atoms with van der Waals surface area (Å²) in [6, 6.07) is 13.7. The first-order chi connectivity index (χ1) is 12.0. The summed E-state index contributed by atoms with van der Waals surface area (Å²) in [7, 11) is 0. The molecule has 0 aliphatic heterocycles. The molecule has 2 aromatic carbocycles. The van der Waals surface area contributed by atoms with Crippen LogP contribution in [0.2, 0.25) is 5.02 Å². The normalized spacial score (nSPS) is 11.1. The number of anilines is 1. The highest BCUT2D eigenvalue weighted by atomic mass is 35.5. The summed E-state index contributed by atoms with van der Waals surface area (Å²) >= 11 is 5.98. The number of hydrogen-bond acceptors (Lipinski definition) is 3. The summed E-state index contributed by atoms with van der Waals surface area (Å²) in [5.41, 5.74) is 1.22. The molecular formula is C19H17ClN2O3. The third kappa shape index (κ3) is 5.55. The van der Waals surface area contributed by atoms with Crippen molar-refractivity contribution in [3.05, 3.63) is 59.1 Å². The fraction of sp³-hybridized carbons (Fsp3) is 0.158. The number of para-hydroxylation sites is 1. The zero-order chi connectivity index (χ0) is 18.2. The second-order valence-corrected chi connectivity index (χ2v) is 5.59. The van der Waals surface area contributed by atoms with Gasteiger partial charge in [-0.1, -0.05) is 35.7 Å². The number of carbonyl (C=O) groups excluding carboxylic acids is 2. The first kappa shape index (κ1) is 18.4. The van der Waals surface area contributed by atoms with E-state index in [-0.39, 0.29) is 12.5 Å². The lowest BCUT2D eigenvalue weighted by Gasteiger charge is -2.15. The number of hydrogen-bond donors (Lipinski definition) is 2. The molecule has 0 bridgehead atoms. The number of rotatable bonds is 6. The van der Waals surface area contributed by atoms with Crippen LogP contribution < -0.4 is 15.4 Å². The van der Waals surface area contributed by atoms with Crippen molar-refractivity contribution in [2.75, 3.05) is 11.9 Å². The number of benzene rings is 2. The molecule has 0 aromatic heterocycles. The number of amides is 2. The lowest BCUT2D eigenvalue weighted by molar-refractivity contribution is -0.129. The smallest absolute Gasteiger partial charge is 0.261 e. The first-order valence-electron chi connectivity index (χ1n) is 7.55. The van der Waals surface area contributed by atoms with Gasteiger partial charge < -0.3 is 15.4 Å². The lowest BCUT2D eigenvalue weighted by Crippen LogP contribution is -2.40. The van der Waals surface area contributed by atoms with Crippen LogP contribution in [0.5, 0.6) is 5.75 Å². The van der Waals surface area contributed by atoms with Crippen molar-refractivity contribution < 1.29 is 14.3 Å². The number of carbonyl (C=O) groups is 2. The minimum absolute atomic E-state index is 0.185. The molecule has 2 rings (SSSR count). The van der Waals surface area contributed by atoms with Gasteiger partial charge in [-0.2, -0.15) is 0 Å². The summed E-state index contributed by atoms with van der Waals surface area (Å²) < 4.78 is 5.49. The Morgan fingerprint density at radius 1 is 1.24 bits per heavy atom. The Labute approximate surface area is 151 Å². The van der Waals surface area contributed by atoms with Crippen molar-refractivity contribution in [2.24, 2.45) is 0 Å². The van der Waals surface area contributed by atoms with Crippen LogP contribution in [0, 0.1) is 12.3 Å². The molecule has 2 amide bonds. The number of nitrogens with one attached hydrogen (secondary N) is 2. The lowest BCUT2D eigenvalue weighted by atomic mass is 10.2. The highest BCUT2D eigenvalue weighted by molar-refractivity contribution is 6.32. The molecule has 5 nitrogen and oxygen atoms in total. The van der Waals surface area contributed by atoms with E-state index in [9.17, 15) is 9.59 Å². The third-order valence-electron chi connectivity index (χ3n) is 3.25. The average Bonchev–Trinajstić information content (AvgIpc) is 2.61. The Morgan fingerprint density at radius 3 is 2.72 bits per heavy atom. The van der Waals surface area contributed by atoms with E-state index in [1.165, 1.54) is 0 Å². The quantitative estimate of drug-likeness (QED) is 0.782. The van der Waals surface area contributed by atoms with E-state index >= 15 is 0 Å². The predicted octanol–water partition coefficient (Wildman–Crippen LogP) is 2.84. The summed E-state index contributed by atoms with van der Waals surface area (Å²) in [5.74, 6) is 2.10. The van der Waals surface area contributed by atoms with Gasteiger partial charge in [-0.05, 0) is 37.3 Å². The van der Waals surface area contributed by atoms with E-state index in [2.05, 4.69) is 16.6 Å². The van der Waals surface area contributed by atoms with Gasteiger partial charge in [0.1, 0.15) is 5.75 Å². The maximum absolute atomic E-state index is 12.0. The highest BCUT2D eigenvalue weighted by Gasteiger charge is 2.16. The highest BCUT2D eigenvalue weighted by Crippen LogP contribution is 2.24. The average molecular weight is 357 g/mol. The van der Waals surface area contributed by atoms with Crippen molar-refractivity contribution in [3.8, 4) is 18.1 Å².